The fourth-order valence-corrected chi connectivity index (χ4v) is 4.45. The minimum Gasteiger partial charge on any atom is -0.473 e. The van der Waals surface area contributed by atoms with Crippen molar-refractivity contribution in [2.24, 2.45) is 5.92 Å². The minimum atomic E-state index is -0.0295. The number of hydrogen-bond acceptors (Lipinski definition) is 6. The van der Waals surface area contributed by atoms with Gasteiger partial charge >= 0.3 is 0 Å². The molecule has 2 heterocycles. The number of fused-ring (bicyclic) bond motifs is 1. The average Bonchev–Trinajstić information content (AvgIpc) is 3.28. The summed E-state index contributed by atoms with van der Waals surface area (Å²) in [5.41, 5.74) is 3.15. The van der Waals surface area contributed by atoms with E-state index >= 15 is 0 Å². The zero-order valence-corrected chi connectivity index (χ0v) is 19.6. The lowest BCUT2D eigenvalue weighted by atomic mass is 10.1. The third kappa shape index (κ3) is 4.82. The van der Waals surface area contributed by atoms with Crippen molar-refractivity contribution in [1.29, 1.82) is 0 Å². The molecular weight excluding hydrogens is 415 g/mol. The van der Waals surface area contributed by atoms with E-state index < -0.39 is 0 Å². The molecule has 2 aliphatic rings. The molecule has 5 rings (SSSR count). The molecule has 1 aromatic carbocycles. The Labute approximate surface area is 195 Å². The van der Waals surface area contributed by atoms with Crippen molar-refractivity contribution in [3.63, 3.8) is 0 Å². The van der Waals surface area contributed by atoms with E-state index in [9.17, 15) is 4.79 Å². The maximum atomic E-state index is 12.3. The largest absolute Gasteiger partial charge is 0.473 e. The second-order valence-electron chi connectivity index (χ2n) is 9.75. The second-order valence-corrected chi connectivity index (χ2v) is 9.75. The Morgan fingerprint density at radius 3 is 2.58 bits per heavy atom. The van der Waals surface area contributed by atoms with Crippen LogP contribution >= 0.6 is 0 Å². The summed E-state index contributed by atoms with van der Waals surface area (Å²) in [5, 5.41) is 16.7. The Balaban J connectivity index is 1.49. The van der Waals surface area contributed by atoms with Gasteiger partial charge in [-0.3, -0.25) is 4.79 Å². The number of nitrogens with one attached hydrogen (secondary N) is 1. The van der Waals surface area contributed by atoms with Crippen molar-refractivity contribution >= 4 is 25.2 Å². The summed E-state index contributed by atoms with van der Waals surface area (Å²) >= 11 is 0. The lowest BCUT2D eigenvalue weighted by Crippen LogP contribution is -2.25. The van der Waals surface area contributed by atoms with E-state index in [-0.39, 0.29) is 12.0 Å². The smallest absolute Gasteiger partial charge is 0.251 e. The molecule has 0 saturated heterocycles. The number of ether oxygens (including phenoxy) is 1. The molecule has 0 atom stereocenters. The van der Waals surface area contributed by atoms with Crippen molar-refractivity contribution in [3.05, 3.63) is 35.9 Å². The molecule has 1 N–H and O–H groups in total. The fraction of sp³-hybridized carbons (Fsp3) is 0.500. The summed E-state index contributed by atoms with van der Waals surface area (Å²) in [7, 11) is 2.07. The number of anilines is 1. The number of aromatic nitrogens is 4. The summed E-state index contributed by atoms with van der Waals surface area (Å²) in [5.74, 6) is 1.70. The molecule has 0 aliphatic heterocycles. The van der Waals surface area contributed by atoms with Gasteiger partial charge in [0.1, 0.15) is 6.10 Å². The van der Waals surface area contributed by atoms with Crippen LogP contribution in [0.25, 0.3) is 17.0 Å². The van der Waals surface area contributed by atoms with Crippen LogP contribution in [-0.4, -0.2) is 52.4 Å². The monoisotopic (exact) mass is 446 g/mol. The summed E-state index contributed by atoms with van der Waals surface area (Å²) in [6.07, 6.45) is 6.88. The molecule has 0 bridgehead atoms. The number of rotatable bonds is 8. The Morgan fingerprint density at radius 1 is 1.18 bits per heavy atom. The first-order valence-corrected chi connectivity index (χ1v) is 12.0. The Morgan fingerprint density at radius 2 is 1.91 bits per heavy atom. The normalized spacial score (nSPS) is 16.5. The highest BCUT2D eigenvalue weighted by Gasteiger charge is 2.24. The number of carbonyl (C=O) groups excluding carboxylic acids is 1. The van der Waals surface area contributed by atoms with Crippen molar-refractivity contribution in [1.82, 2.24) is 25.1 Å². The SMILES string of the molecule is BN(CC(C)C)c1cc(OC2CCCC2)nn2c(-c3ccc(C(=O)NC4CC4)cc3)nnc12. The molecule has 172 valence electrons. The quantitative estimate of drug-likeness (QED) is 0.536. The maximum Gasteiger partial charge on any atom is 0.251 e. The van der Waals surface area contributed by atoms with Crippen LogP contribution in [0.15, 0.2) is 30.3 Å². The molecule has 2 aliphatic carbocycles. The molecule has 0 radical (unpaired) electrons. The van der Waals surface area contributed by atoms with Crippen LogP contribution < -0.4 is 14.9 Å². The van der Waals surface area contributed by atoms with Crippen molar-refractivity contribution in [2.45, 2.75) is 64.5 Å². The van der Waals surface area contributed by atoms with E-state index in [1.54, 1.807) is 4.52 Å². The van der Waals surface area contributed by atoms with Crippen LogP contribution in [0, 0.1) is 5.92 Å². The van der Waals surface area contributed by atoms with Gasteiger partial charge in [0.05, 0.1) is 5.69 Å². The fourth-order valence-electron chi connectivity index (χ4n) is 4.45. The van der Waals surface area contributed by atoms with E-state index in [4.69, 9.17) is 9.84 Å². The number of carbonyl (C=O) groups is 1. The van der Waals surface area contributed by atoms with E-state index in [0.717, 1.165) is 43.5 Å². The van der Waals surface area contributed by atoms with Crippen LogP contribution in [-0.2, 0) is 0 Å². The van der Waals surface area contributed by atoms with Gasteiger partial charge < -0.3 is 14.9 Å². The van der Waals surface area contributed by atoms with Gasteiger partial charge in [0.15, 0.2) is 5.82 Å². The Hall–Kier alpha value is -3.10. The molecule has 0 spiro atoms. The minimum absolute atomic E-state index is 0.0295. The first-order valence-electron chi connectivity index (χ1n) is 12.0. The summed E-state index contributed by atoms with van der Waals surface area (Å²) in [6.45, 7) is 5.28. The van der Waals surface area contributed by atoms with Gasteiger partial charge in [-0.25, -0.2) is 0 Å². The van der Waals surface area contributed by atoms with E-state index in [2.05, 4.69) is 42.2 Å². The summed E-state index contributed by atoms with van der Waals surface area (Å²) < 4.78 is 8.04. The molecule has 3 aromatic rings. The van der Waals surface area contributed by atoms with E-state index in [1.165, 1.54) is 12.8 Å². The molecule has 2 saturated carbocycles. The summed E-state index contributed by atoms with van der Waals surface area (Å²) in [6, 6.07) is 9.79. The van der Waals surface area contributed by atoms with Gasteiger partial charge in [0.2, 0.25) is 19.5 Å². The molecule has 2 fully saturated rings. The highest BCUT2D eigenvalue weighted by Crippen LogP contribution is 2.30. The first kappa shape index (κ1) is 21.7. The molecule has 8 nitrogen and oxygen atoms in total. The number of benzene rings is 1. The van der Waals surface area contributed by atoms with E-state index in [0.29, 0.717) is 34.9 Å². The predicted molar refractivity (Wildman–Crippen MR) is 130 cm³/mol. The lowest BCUT2D eigenvalue weighted by Gasteiger charge is -2.23. The number of amides is 1. The molecular formula is C24H31BN6O2. The molecule has 2 aromatic heterocycles. The molecule has 1 amide bonds. The second kappa shape index (κ2) is 9.04. The number of nitrogens with zero attached hydrogens (tertiary/aromatic N) is 5. The van der Waals surface area contributed by atoms with Crippen LogP contribution in [0.3, 0.4) is 0 Å². The van der Waals surface area contributed by atoms with Crippen LogP contribution in [0.1, 0.15) is 62.7 Å². The highest BCUT2D eigenvalue weighted by molar-refractivity contribution is 6.19. The van der Waals surface area contributed by atoms with Gasteiger partial charge in [-0.05, 0) is 56.6 Å². The predicted octanol–water partition coefficient (Wildman–Crippen LogP) is 3.02. The third-order valence-corrected chi connectivity index (χ3v) is 6.29. The van der Waals surface area contributed by atoms with Gasteiger partial charge in [-0.15, -0.1) is 15.3 Å². The highest BCUT2D eigenvalue weighted by atomic mass is 16.5. The zero-order chi connectivity index (χ0) is 22.9. The summed E-state index contributed by atoms with van der Waals surface area (Å²) in [4.78, 5) is 14.5. The molecule has 33 heavy (non-hydrogen) atoms. The number of hydrogen-bond donors (Lipinski definition) is 1. The first-order chi connectivity index (χ1) is 16.0. The van der Waals surface area contributed by atoms with Crippen molar-refractivity contribution in [3.8, 4) is 17.3 Å². The zero-order valence-electron chi connectivity index (χ0n) is 19.6. The lowest BCUT2D eigenvalue weighted by molar-refractivity contribution is 0.0951. The maximum absolute atomic E-state index is 12.3. The van der Waals surface area contributed by atoms with Crippen molar-refractivity contribution in [2.75, 3.05) is 11.4 Å². The Bertz CT molecular complexity index is 1140. The Kier molecular flexibility index (Phi) is 5.95. The molecule has 9 heteroatoms. The van der Waals surface area contributed by atoms with Crippen LogP contribution in [0.4, 0.5) is 5.69 Å². The topological polar surface area (TPSA) is 84.7 Å². The van der Waals surface area contributed by atoms with E-state index in [1.807, 2.05) is 30.3 Å². The van der Waals surface area contributed by atoms with Gasteiger partial charge in [-0.1, -0.05) is 26.0 Å². The van der Waals surface area contributed by atoms with Crippen molar-refractivity contribution < 1.29 is 9.53 Å². The van der Waals surface area contributed by atoms with Crippen LogP contribution in [0.2, 0.25) is 0 Å². The molecule has 0 unspecified atom stereocenters. The van der Waals surface area contributed by atoms with Gasteiger partial charge in [0, 0.05) is 29.8 Å². The third-order valence-electron chi connectivity index (χ3n) is 6.29. The standard InChI is InChI=1S/C24H31BN6O2/c1-15(2)14-30(25)20-13-21(33-19-5-3-4-6-19)29-31-22(27-28-23(20)31)16-7-9-17(10-8-16)24(32)26-18-11-12-18/h7-10,13,15,18-19H,3-6,11-12,14,25H2,1-2H3,(H,26,32). The average molecular weight is 446 g/mol. The van der Waals surface area contributed by atoms with Crippen LogP contribution in [0.5, 0.6) is 5.88 Å². The van der Waals surface area contributed by atoms with Gasteiger partial charge in [0.25, 0.3) is 5.91 Å². The van der Waals surface area contributed by atoms with Gasteiger partial charge in [-0.2, -0.15) is 4.52 Å².